The Morgan fingerprint density at radius 3 is 2.47 bits per heavy atom. The molecule has 0 spiro atoms. The minimum Gasteiger partial charge on any atom is -0.310 e. The van der Waals surface area contributed by atoms with E-state index in [2.05, 4.69) is 32.2 Å². The highest BCUT2D eigenvalue weighted by molar-refractivity contribution is 7.91. The molecule has 0 aliphatic heterocycles. The molecular formula is C14H25NO2S2. The number of aryl methyl sites for hydroxylation is 2. The third kappa shape index (κ3) is 5.24. The molecular weight excluding hydrogens is 278 g/mol. The van der Waals surface area contributed by atoms with Crippen LogP contribution in [0.15, 0.2) is 6.07 Å². The van der Waals surface area contributed by atoms with Crippen molar-refractivity contribution >= 4 is 21.2 Å². The molecule has 0 saturated carbocycles. The summed E-state index contributed by atoms with van der Waals surface area (Å²) in [6.45, 7) is 8.96. The van der Waals surface area contributed by atoms with Crippen LogP contribution in [0.4, 0.5) is 0 Å². The smallest absolute Gasteiger partial charge is 0.150 e. The molecule has 0 aromatic carbocycles. The highest BCUT2D eigenvalue weighted by Crippen LogP contribution is 2.29. The van der Waals surface area contributed by atoms with E-state index in [1.54, 1.807) is 6.92 Å². The predicted molar refractivity (Wildman–Crippen MR) is 83.8 cm³/mol. The van der Waals surface area contributed by atoms with Crippen molar-refractivity contribution in [2.45, 2.75) is 46.6 Å². The first kappa shape index (κ1) is 16.7. The summed E-state index contributed by atoms with van der Waals surface area (Å²) < 4.78 is 23.0. The van der Waals surface area contributed by atoms with Crippen LogP contribution in [-0.4, -0.2) is 26.5 Å². The van der Waals surface area contributed by atoms with E-state index in [1.807, 2.05) is 11.3 Å². The number of rotatable bonds is 8. The minimum atomic E-state index is -2.84. The van der Waals surface area contributed by atoms with Crippen LogP contribution in [0, 0.1) is 13.8 Å². The van der Waals surface area contributed by atoms with Crippen LogP contribution in [-0.2, 0) is 9.84 Å². The zero-order valence-corrected chi connectivity index (χ0v) is 14.0. The Morgan fingerprint density at radius 2 is 2.00 bits per heavy atom. The van der Waals surface area contributed by atoms with Crippen molar-refractivity contribution in [1.82, 2.24) is 5.32 Å². The molecule has 19 heavy (non-hydrogen) atoms. The number of sulfone groups is 1. The molecule has 0 radical (unpaired) electrons. The van der Waals surface area contributed by atoms with E-state index in [1.165, 1.54) is 15.3 Å². The minimum absolute atomic E-state index is 0.246. The summed E-state index contributed by atoms with van der Waals surface area (Å²) in [4.78, 5) is 2.67. The van der Waals surface area contributed by atoms with Gasteiger partial charge in [-0.15, -0.1) is 11.3 Å². The van der Waals surface area contributed by atoms with E-state index in [9.17, 15) is 8.42 Å². The number of thiophene rings is 1. The van der Waals surface area contributed by atoms with Crippen molar-refractivity contribution in [3.05, 3.63) is 21.4 Å². The molecule has 0 bridgehead atoms. The lowest BCUT2D eigenvalue weighted by Crippen LogP contribution is -2.21. The van der Waals surface area contributed by atoms with E-state index < -0.39 is 9.84 Å². The fraction of sp³-hybridized carbons (Fsp3) is 0.714. The largest absolute Gasteiger partial charge is 0.310 e. The van der Waals surface area contributed by atoms with Crippen molar-refractivity contribution in [3.63, 3.8) is 0 Å². The quantitative estimate of drug-likeness (QED) is 0.802. The van der Waals surface area contributed by atoms with Gasteiger partial charge in [0.1, 0.15) is 9.84 Å². The number of nitrogens with one attached hydrogen (secondary N) is 1. The van der Waals surface area contributed by atoms with Crippen LogP contribution in [0.1, 0.15) is 48.0 Å². The second kappa shape index (κ2) is 7.41. The Labute approximate surface area is 121 Å². The average Bonchev–Trinajstić information content (AvgIpc) is 2.68. The summed E-state index contributed by atoms with van der Waals surface area (Å²) in [5.74, 6) is 0.546. The SMILES string of the molecule is CCNC(CCCS(=O)(=O)CC)c1cc(C)c(C)s1. The Morgan fingerprint density at radius 1 is 1.32 bits per heavy atom. The van der Waals surface area contributed by atoms with Crippen LogP contribution in [0.25, 0.3) is 0 Å². The highest BCUT2D eigenvalue weighted by Gasteiger charge is 2.15. The van der Waals surface area contributed by atoms with Gasteiger partial charge in [-0.25, -0.2) is 8.42 Å². The third-order valence-electron chi connectivity index (χ3n) is 3.37. The van der Waals surface area contributed by atoms with Gasteiger partial charge in [0, 0.05) is 21.5 Å². The monoisotopic (exact) mass is 303 g/mol. The van der Waals surface area contributed by atoms with Gasteiger partial charge in [0.25, 0.3) is 0 Å². The molecule has 0 fully saturated rings. The van der Waals surface area contributed by atoms with E-state index in [0.717, 1.165) is 19.4 Å². The maximum absolute atomic E-state index is 11.5. The van der Waals surface area contributed by atoms with E-state index in [-0.39, 0.29) is 11.8 Å². The second-order valence-electron chi connectivity index (χ2n) is 4.88. The van der Waals surface area contributed by atoms with Gasteiger partial charge in [-0.3, -0.25) is 0 Å². The van der Waals surface area contributed by atoms with E-state index in [4.69, 9.17) is 0 Å². The van der Waals surface area contributed by atoms with Crippen LogP contribution >= 0.6 is 11.3 Å². The number of hydrogen-bond acceptors (Lipinski definition) is 4. The zero-order chi connectivity index (χ0) is 14.5. The summed E-state index contributed by atoms with van der Waals surface area (Å²) in [5, 5.41) is 3.46. The normalized spacial score (nSPS) is 13.7. The lowest BCUT2D eigenvalue weighted by Gasteiger charge is -2.16. The predicted octanol–water partition coefficient (Wildman–Crippen LogP) is 3.23. The van der Waals surface area contributed by atoms with Crippen molar-refractivity contribution < 1.29 is 8.42 Å². The van der Waals surface area contributed by atoms with E-state index in [0.29, 0.717) is 5.75 Å². The molecule has 0 aliphatic carbocycles. The first-order valence-electron chi connectivity index (χ1n) is 6.90. The Balaban J connectivity index is 2.63. The standard InChI is InChI=1S/C14H25NO2S2/c1-5-15-13(8-7-9-19(16,17)6-2)14-10-11(3)12(4)18-14/h10,13,15H,5-9H2,1-4H3. The van der Waals surface area contributed by atoms with E-state index >= 15 is 0 Å². The lowest BCUT2D eigenvalue weighted by molar-refractivity contribution is 0.513. The molecule has 1 aromatic heterocycles. The molecule has 1 aromatic rings. The Hall–Kier alpha value is -0.390. The molecule has 1 heterocycles. The van der Waals surface area contributed by atoms with Gasteiger partial charge in [-0.05, 0) is 44.9 Å². The van der Waals surface area contributed by atoms with Crippen molar-refractivity contribution in [2.24, 2.45) is 0 Å². The molecule has 3 nitrogen and oxygen atoms in total. The molecule has 1 unspecified atom stereocenters. The molecule has 1 rings (SSSR count). The van der Waals surface area contributed by atoms with Gasteiger partial charge < -0.3 is 5.32 Å². The fourth-order valence-electron chi connectivity index (χ4n) is 2.02. The number of hydrogen-bond donors (Lipinski definition) is 1. The Bertz CT molecular complexity index is 472. The van der Waals surface area contributed by atoms with Gasteiger partial charge in [-0.1, -0.05) is 13.8 Å². The summed E-state index contributed by atoms with van der Waals surface area (Å²) in [6, 6.07) is 2.51. The fourth-order valence-corrected chi connectivity index (χ4v) is 4.06. The first-order valence-corrected chi connectivity index (χ1v) is 9.54. The summed E-state index contributed by atoms with van der Waals surface area (Å²) in [6.07, 6.45) is 1.61. The van der Waals surface area contributed by atoms with Gasteiger partial charge in [0.2, 0.25) is 0 Å². The zero-order valence-electron chi connectivity index (χ0n) is 12.3. The summed E-state index contributed by atoms with van der Waals surface area (Å²) in [5.41, 5.74) is 1.32. The summed E-state index contributed by atoms with van der Waals surface area (Å²) in [7, 11) is -2.84. The summed E-state index contributed by atoms with van der Waals surface area (Å²) >= 11 is 1.81. The van der Waals surface area contributed by atoms with Crippen molar-refractivity contribution in [3.8, 4) is 0 Å². The topological polar surface area (TPSA) is 46.2 Å². The van der Waals surface area contributed by atoms with Crippen LogP contribution in [0.2, 0.25) is 0 Å². The lowest BCUT2D eigenvalue weighted by atomic mass is 10.1. The molecule has 0 amide bonds. The molecule has 1 atom stereocenters. The molecule has 5 heteroatoms. The van der Waals surface area contributed by atoms with Crippen molar-refractivity contribution in [1.29, 1.82) is 0 Å². The molecule has 110 valence electrons. The molecule has 1 N–H and O–H groups in total. The van der Waals surface area contributed by atoms with Crippen LogP contribution in [0.3, 0.4) is 0 Å². The molecule has 0 aliphatic rings. The average molecular weight is 303 g/mol. The second-order valence-corrected chi connectivity index (χ2v) is 8.64. The van der Waals surface area contributed by atoms with Gasteiger partial charge >= 0.3 is 0 Å². The third-order valence-corrected chi connectivity index (χ3v) is 6.42. The maximum atomic E-state index is 11.5. The highest BCUT2D eigenvalue weighted by atomic mass is 32.2. The van der Waals surface area contributed by atoms with Crippen LogP contribution in [0.5, 0.6) is 0 Å². The maximum Gasteiger partial charge on any atom is 0.150 e. The van der Waals surface area contributed by atoms with Crippen molar-refractivity contribution in [2.75, 3.05) is 18.1 Å². The Kier molecular flexibility index (Phi) is 6.50. The molecule has 0 saturated heterocycles. The van der Waals surface area contributed by atoms with Gasteiger partial charge in [0.15, 0.2) is 0 Å². The first-order chi connectivity index (χ1) is 8.89. The van der Waals surface area contributed by atoms with Gasteiger partial charge in [0.05, 0.1) is 5.75 Å². The van der Waals surface area contributed by atoms with Crippen LogP contribution < -0.4 is 5.32 Å². The van der Waals surface area contributed by atoms with Gasteiger partial charge in [-0.2, -0.15) is 0 Å².